The molecule has 1 aromatic heterocycles. The van der Waals surface area contributed by atoms with Gasteiger partial charge in [0.1, 0.15) is 24.8 Å². The summed E-state index contributed by atoms with van der Waals surface area (Å²) in [7, 11) is 1.50. The lowest BCUT2D eigenvalue weighted by molar-refractivity contribution is -0.119. The lowest BCUT2D eigenvalue weighted by atomic mass is 10.0. The fourth-order valence-electron chi connectivity index (χ4n) is 4.36. The normalized spacial score (nSPS) is 14.5. The molecule has 1 fully saturated rings. The van der Waals surface area contributed by atoms with Crippen LogP contribution in [0.2, 0.25) is 0 Å². The number of amides is 1. The Morgan fingerprint density at radius 3 is 2.54 bits per heavy atom. The molecule has 0 N–H and O–H groups in total. The molecule has 0 bridgehead atoms. The molecule has 1 aliphatic rings. The summed E-state index contributed by atoms with van der Waals surface area (Å²) < 4.78 is 39.3. The molecule has 35 heavy (non-hydrogen) atoms. The molecule has 10 heteroatoms. The van der Waals surface area contributed by atoms with Crippen molar-refractivity contribution in [2.75, 3.05) is 33.5 Å². The molecule has 1 saturated heterocycles. The van der Waals surface area contributed by atoms with E-state index in [0.29, 0.717) is 42.8 Å². The number of rotatable bonds is 9. The Bertz CT molecular complexity index is 1310. The van der Waals surface area contributed by atoms with E-state index in [1.165, 1.54) is 19.2 Å². The molecule has 1 aliphatic heterocycles. The summed E-state index contributed by atoms with van der Waals surface area (Å²) in [5.74, 6) is 0.607. The molecular weight excluding hydrogens is 460 g/mol. The smallest absolute Gasteiger partial charge is 0.332 e. The van der Waals surface area contributed by atoms with E-state index in [0.717, 1.165) is 11.0 Å². The minimum Gasteiger partial charge on any atom is -0.496 e. The molecule has 0 aliphatic carbocycles. The summed E-state index contributed by atoms with van der Waals surface area (Å²) in [4.78, 5) is 39.9. The quantitative estimate of drug-likeness (QED) is 0.434. The monoisotopic (exact) mass is 486 g/mol. The predicted molar refractivity (Wildman–Crippen MR) is 126 cm³/mol. The van der Waals surface area contributed by atoms with E-state index in [1.54, 1.807) is 33.7 Å². The summed E-state index contributed by atoms with van der Waals surface area (Å²) in [6.07, 6.45) is 0.600. The van der Waals surface area contributed by atoms with Gasteiger partial charge in [0.15, 0.2) is 6.10 Å². The first-order valence-corrected chi connectivity index (χ1v) is 11.3. The number of alkyl halides is 2. The molecule has 3 aromatic rings. The summed E-state index contributed by atoms with van der Waals surface area (Å²) >= 11 is 0. The zero-order chi connectivity index (χ0) is 24.9. The van der Waals surface area contributed by atoms with Gasteiger partial charge in [-0.3, -0.25) is 18.7 Å². The Morgan fingerprint density at radius 1 is 1.14 bits per heavy atom. The molecule has 0 atom stereocenters. The highest BCUT2D eigenvalue weighted by Gasteiger charge is 2.25. The van der Waals surface area contributed by atoms with Crippen LogP contribution >= 0.6 is 0 Å². The number of likely N-dealkylation sites (tertiary alicyclic amines) is 1. The minimum atomic E-state index is -1.28. The Labute approximate surface area is 200 Å². The highest BCUT2D eigenvalue weighted by atomic mass is 19.1. The van der Waals surface area contributed by atoms with Gasteiger partial charge < -0.3 is 14.4 Å². The van der Waals surface area contributed by atoms with Gasteiger partial charge in [-0.25, -0.2) is 13.6 Å². The van der Waals surface area contributed by atoms with Gasteiger partial charge in [-0.05, 0) is 42.7 Å². The van der Waals surface area contributed by atoms with E-state index >= 15 is 0 Å². The lowest BCUT2D eigenvalue weighted by Crippen LogP contribution is -2.44. The van der Waals surface area contributed by atoms with Crippen LogP contribution < -0.4 is 20.7 Å². The first kappa shape index (κ1) is 24.4. The van der Waals surface area contributed by atoms with Crippen LogP contribution in [0.15, 0.2) is 46.0 Å². The van der Waals surface area contributed by atoms with Crippen LogP contribution in [0.5, 0.6) is 11.5 Å². The fraction of sp³-hybridized carbons (Fsp3) is 0.400. The fourth-order valence-corrected chi connectivity index (χ4v) is 4.36. The van der Waals surface area contributed by atoms with Crippen molar-refractivity contribution in [1.29, 1.82) is 0 Å². The van der Waals surface area contributed by atoms with Gasteiger partial charge in [0, 0.05) is 25.2 Å². The van der Waals surface area contributed by atoms with Crippen LogP contribution in [0.1, 0.15) is 24.4 Å². The third-order valence-corrected chi connectivity index (χ3v) is 6.20. The van der Waals surface area contributed by atoms with E-state index in [1.807, 2.05) is 0 Å². The van der Waals surface area contributed by atoms with E-state index in [9.17, 15) is 23.2 Å². The number of hydrogen-bond acceptors (Lipinski definition) is 5. The zero-order valence-electron chi connectivity index (χ0n) is 19.3. The zero-order valence-corrected chi connectivity index (χ0v) is 19.3. The Kier molecular flexibility index (Phi) is 7.48. The number of carbonyl (C=O) groups excluding carboxylic acids is 1. The van der Waals surface area contributed by atoms with Gasteiger partial charge in [0.05, 0.1) is 24.6 Å². The first-order valence-electron chi connectivity index (χ1n) is 11.3. The molecule has 0 saturated carbocycles. The number of hydrogen-bond donors (Lipinski definition) is 0. The summed E-state index contributed by atoms with van der Waals surface area (Å²) in [6, 6.07) is 12.2. The van der Waals surface area contributed by atoms with E-state index in [2.05, 4.69) is 6.07 Å². The van der Waals surface area contributed by atoms with Gasteiger partial charge in [-0.1, -0.05) is 12.1 Å². The molecule has 1 radical (unpaired) electrons. The largest absolute Gasteiger partial charge is 0.496 e. The second kappa shape index (κ2) is 10.7. The number of methoxy groups -OCH3 is 1. The van der Waals surface area contributed by atoms with Crippen molar-refractivity contribution in [3.63, 3.8) is 0 Å². The molecule has 8 nitrogen and oxygen atoms in total. The van der Waals surface area contributed by atoms with Crippen molar-refractivity contribution in [1.82, 2.24) is 14.0 Å². The number of nitrogens with zero attached hydrogens (tertiary/aromatic N) is 3. The average Bonchev–Trinajstić information content (AvgIpc) is 2.90. The van der Waals surface area contributed by atoms with Crippen molar-refractivity contribution < 1.29 is 23.0 Å². The Hall–Kier alpha value is -3.69. The van der Waals surface area contributed by atoms with Crippen LogP contribution in [0.4, 0.5) is 8.78 Å². The number of carbonyl (C=O) groups is 1. The van der Waals surface area contributed by atoms with Crippen LogP contribution in [0.3, 0.4) is 0 Å². The van der Waals surface area contributed by atoms with Gasteiger partial charge in [0.2, 0.25) is 6.41 Å². The maximum atomic E-state index is 13.6. The van der Waals surface area contributed by atoms with E-state index in [-0.39, 0.29) is 23.7 Å². The van der Waals surface area contributed by atoms with Gasteiger partial charge in [-0.15, -0.1) is 0 Å². The number of fused-ring (bicyclic) bond motifs is 1. The number of piperidine rings is 1. The van der Waals surface area contributed by atoms with Crippen molar-refractivity contribution in [3.8, 4) is 11.5 Å². The average molecular weight is 486 g/mol. The number of ether oxygens (including phenoxy) is 2. The van der Waals surface area contributed by atoms with Crippen molar-refractivity contribution in [2.45, 2.75) is 31.5 Å². The van der Waals surface area contributed by atoms with Gasteiger partial charge in [0.25, 0.3) is 5.56 Å². The van der Waals surface area contributed by atoms with Crippen LogP contribution in [0, 0.1) is 6.07 Å². The molecular formula is C25H26F2N3O5. The summed E-state index contributed by atoms with van der Waals surface area (Å²) in [5, 5.41) is 0.200. The van der Waals surface area contributed by atoms with Crippen LogP contribution in [-0.4, -0.2) is 60.1 Å². The standard InChI is InChI=1S/C25H26F2N3O5/c1-34-19-4-2-3-17(11-19)15-29-24(32)22-12-20(35-21(13-26)14-27)5-6-23(22)30(25(29)33)18-7-9-28(16-31)10-8-18/h2-3,5-6,11-12,16,18,21H,7-10,13-15H2,1H3. The summed E-state index contributed by atoms with van der Waals surface area (Å²) in [6.45, 7) is -1.05. The number of aromatic nitrogens is 2. The van der Waals surface area contributed by atoms with Crippen LogP contribution in [0.25, 0.3) is 10.9 Å². The molecule has 0 unspecified atom stereocenters. The Morgan fingerprint density at radius 2 is 1.89 bits per heavy atom. The Balaban J connectivity index is 1.85. The predicted octanol–water partition coefficient (Wildman–Crippen LogP) is 2.50. The molecule has 185 valence electrons. The lowest BCUT2D eigenvalue weighted by Gasteiger charge is -2.31. The second-order valence-corrected chi connectivity index (χ2v) is 8.41. The molecule has 0 spiro atoms. The SMILES string of the molecule is COc1[c]ccc(Cn2c(=O)c3cc(OC(CF)CF)ccc3n(C3CCN(C=O)CC3)c2=O)c1. The molecule has 4 rings (SSSR count). The van der Waals surface area contributed by atoms with E-state index < -0.39 is 30.7 Å². The number of benzene rings is 2. The first-order chi connectivity index (χ1) is 17.0. The maximum absolute atomic E-state index is 13.6. The third-order valence-electron chi connectivity index (χ3n) is 6.20. The second-order valence-electron chi connectivity index (χ2n) is 8.41. The topological polar surface area (TPSA) is 82.8 Å². The highest BCUT2D eigenvalue weighted by Crippen LogP contribution is 2.26. The van der Waals surface area contributed by atoms with Crippen LogP contribution in [-0.2, 0) is 11.3 Å². The van der Waals surface area contributed by atoms with E-state index in [4.69, 9.17) is 9.47 Å². The maximum Gasteiger partial charge on any atom is 0.332 e. The number of halogens is 2. The summed E-state index contributed by atoms with van der Waals surface area (Å²) in [5.41, 5.74) is 0.0618. The highest BCUT2D eigenvalue weighted by molar-refractivity contribution is 5.80. The molecule has 2 heterocycles. The molecule has 2 aromatic carbocycles. The minimum absolute atomic E-state index is 0.00546. The van der Waals surface area contributed by atoms with Gasteiger partial charge >= 0.3 is 5.69 Å². The van der Waals surface area contributed by atoms with Crippen molar-refractivity contribution in [3.05, 3.63) is 68.9 Å². The molecule has 1 amide bonds. The van der Waals surface area contributed by atoms with Crippen molar-refractivity contribution >= 4 is 17.3 Å². The third kappa shape index (κ3) is 5.06. The van der Waals surface area contributed by atoms with Gasteiger partial charge in [-0.2, -0.15) is 0 Å². The van der Waals surface area contributed by atoms with Crippen molar-refractivity contribution in [2.24, 2.45) is 0 Å².